The van der Waals surface area contributed by atoms with Crippen LogP contribution < -0.4 is 10.2 Å². The molecule has 4 heteroatoms. The molecule has 0 heterocycles. The van der Waals surface area contributed by atoms with Crippen LogP contribution in [0.25, 0.3) is 0 Å². The van der Waals surface area contributed by atoms with Crippen molar-refractivity contribution in [2.75, 3.05) is 6.61 Å². The van der Waals surface area contributed by atoms with Gasteiger partial charge in [0.05, 0.1) is 0 Å². The molecule has 0 aliphatic rings. The third-order valence-electron chi connectivity index (χ3n) is 2.51. The van der Waals surface area contributed by atoms with Crippen LogP contribution >= 0.6 is 0 Å². The standard InChI is InChI=1S/C13H19BO3/c1-3-4-7-11(2)10-17-13-9-6-5-8-12(13)14(15)16/h5-6,8-9,15-16H,2-4,7,10H2,1H3. The Bertz CT molecular complexity index is 363. The fourth-order valence-electron chi connectivity index (χ4n) is 1.50. The Kier molecular flexibility index (Phi) is 5.80. The van der Waals surface area contributed by atoms with Gasteiger partial charge in [-0.1, -0.05) is 38.1 Å². The summed E-state index contributed by atoms with van der Waals surface area (Å²) in [5.41, 5.74) is 1.41. The van der Waals surface area contributed by atoms with Gasteiger partial charge in [-0.25, -0.2) is 0 Å². The minimum Gasteiger partial charge on any atom is -0.490 e. The van der Waals surface area contributed by atoms with Crippen LogP contribution in [-0.4, -0.2) is 23.8 Å². The van der Waals surface area contributed by atoms with Gasteiger partial charge >= 0.3 is 7.12 Å². The van der Waals surface area contributed by atoms with Gasteiger partial charge in [-0.15, -0.1) is 0 Å². The maximum atomic E-state index is 9.16. The van der Waals surface area contributed by atoms with Gasteiger partial charge in [-0.05, 0) is 24.5 Å². The van der Waals surface area contributed by atoms with E-state index in [-0.39, 0.29) is 0 Å². The second-order valence-electron chi connectivity index (χ2n) is 4.05. The molecule has 0 spiro atoms. The molecule has 0 atom stereocenters. The summed E-state index contributed by atoms with van der Waals surface area (Å²) in [5.74, 6) is 0.500. The topological polar surface area (TPSA) is 49.7 Å². The van der Waals surface area contributed by atoms with Crippen LogP contribution in [0.4, 0.5) is 0 Å². The van der Waals surface area contributed by atoms with Crippen molar-refractivity contribution in [3.63, 3.8) is 0 Å². The van der Waals surface area contributed by atoms with E-state index in [2.05, 4.69) is 13.5 Å². The van der Waals surface area contributed by atoms with E-state index >= 15 is 0 Å². The van der Waals surface area contributed by atoms with E-state index in [1.165, 1.54) is 0 Å². The molecule has 92 valence electrons. The Morgan fingerprint density at radius 1 is 1.35 bits per heavy atom. The zero-order chi connectivity index (χ0) is 12.7. The van der Waals surface area contributed by atoms with Crippen molar-refractivity contribution in [1.29, 1.82) is 0 Å². The first-order valence-corrected chi connectivity index (χ1v) is 5.89. The molecule has 0 aliphatic heterocycles. The lowest BCUT2D eigenvalue weighted by Crippen LogP contribution is -2.31. The lowest BCUT2D eigenvalue weighted by Gasteiger charge is -2.12. The largest absolute Gasteiger partial charge is 0.492 e. The smallest absolute Gasteiger partial charge is 0.490 e. The number of unbranched alkanes of at least 4 members (excludes halogenated alkanes) is 1. The molecule has 0 amide bonds. The molecular formula is C13H19BO3. The van der Waals surface area contributed by atoms with Crippen molar-refractivity contribution in [1.82, 2.24) is 0 Å². The Labute approximate surface area is 103 Å². The average molecular weight is 234 g/mol. The number of rotatable bonds is 7. The summed E-state index contributed by atoms with van der Waals surface area (Å²) in [7, 11) is -1.50. The first-order chi connectivity index (χ1) is 8.15. The van der Waals surface area contributed by atoms with Crippen molar-refractivity contribution < 1.29 is 14.8 Å². The monoisotopic (exact) mass is 234 g/mol. The van der Waals surface area contributed by atoms with E-state index in [1.807, 2.05) is 0 Å². The van der Waals surface area contributed by atoms with E-state index in [9.17, 15) is 0 Å². The maximum Gasteiger partial charge on any atom is 0.492 e. The first-order valence-electron chi connectivity index (χ1n) is 5.89. The maximum absolute atomic E-state index is 9.16. The SMILES string of the molecule is C=C(CCCC)COc1ccccc1B(O)O. The molecule has 2 N–H and O–H groups in total. The minimum absolute atomic E-state index is 0.385. The zero-order valence-electron chi connectivity index (χ0n) is 10.2. The summed E-state index contributed by atoms with van der Waals surface area (Å²) >= 11 is 0. The number of hydrogen-bond donors (Lipinski definition) is 2. The van der Waals surface area contributed by atoms with Crippen LogP contribution in [0, 0.1) is 0 Å². The molecule has 0 bridgehead atoms. The molecule has 17 heavy (non-hydrogen) atoms. The molecular weight excluding hydrogens is 215 g/mol. The normalized spacial score (nSPS) is 10.1. The highest BCUT2D eigenvalue weighted by atomic mass is 16.5. The predicted octanol–water partition coefficient (Wildman–Crippen LogP) is 1.49. The van der Waals surface area contributed by atoms with Gasteiger partial charge in [0, 0.05) is 5.46 Å². The minimum atomic E-state index is -1.50. The highest BCUT2D eigenvalue weighted by Gasteiger charge is 2.16. The average Bonchev–Trinajstić information content (AvgIpc) is 2.34. The lowest BCUT2D eigenvalue weighted by atomic mass is 9.79. The number of ether oxygens (including phenoxy) is 1. The highest BCUT2D eigenvalue weighted by molar-refractivity contribution is 6.59. The van der Waals surface area contributed by atoms with Crippen molar-refractivity contribution in [3.8, 4) is 5.75 Å². The molecule has 0 saturated heterocycles. The van der Waals surface area contributed by atoms with Gasteiger partial charge in [0.25, 0.3) is 0 Å². The quantitative estimate of drug-likeness (QED) is 0.555. The second-order valence-corrected chi connectivity index (χ2v) is 4.05. The molecule has 0 fully saturated rings. The number of benzene rings is 1. The summed E-state index contributed by atoms with van der Waals surface area (Å²) < 4.78 is 5.54. The van der Waals surface area contributed by atoms with Gasteiger partial charge in [0.15, 0.2) is 0 Å². The fraction of sp³-hybridized carbons (Fsp3) is 0.385. The van der Waals surface area contributed by atoms with Gasteiger partial charge in [-0.3, -0.25) is 0 Å². The fourth-order valence-corrected chi connectivity index (χ4v) is 1.50. The van der Waals surface area contributed by atoms with Gasteiger partial charge < -0.3 is 14.8 Å². The van der Waals surface area contributed by atoms with Crippen LogP contribution in [0.3, 0.4) is 0 Å². The van der Waals surface area contributed by atoms with E-state index in [0.29, 0.717) is 17.8 Å². The number of para-hydroxylation sites is 1. The third-order valence-corrected chi connectivity index (χ3v) is 2.51. The molecule has 1 rings (SSSR count). The molecule has 0 saturated carbocycles. The second kappa shape index (κ2) is 7.15. The van der Waals surface area contributed by atoms with Crippen molar-refractivity contribution >= 4 is 12.6 Å². The summed E-state index contributed by atoms with van der Waals surface area (Å²) in [4.78, 5) is 0. The summed E-state index contributed by atoms with van der Waals surface area (Å²) in [5, 5.41) is 18.3. The molecule has 1 aromatic rings. The predicted molar refractivity (Wildman–Crippen MR) is 70.4 cm³/mol. The Balaban J connectivity index is 2.54. The van der Waals surface area contributed by atoms with E-state index in [0.717, 1.165) is 24.8 Å². The van der Waals surface area contributed by atoms with Crippen LogP contribution in [0.15, 0.2) is 36.4 Å². The van der Waals surface area contributed by atoms with Crippen LogP contribution in [0.1, 0.15) is 26.2 Å². The first kappa shape index (κ1) is 13.8. The molecule has 0 aromatic heterocycles. The van der Waals surface area contributed by atoms with Crippen molar-refractivity contribution in [2.45, 2.75) is 26.2 Å². The number of hydrogen-bond acceptors (Lipinski definition) is 3. The molecule has 0 radical (unpaired) electrons. The summed E-state index contributed by atoms with van der Waals surface area (Å²) in [6.07, 6.45) is 3.18. The van der Waals surface area contributed by atoms with E-state index in [4.69, 9.17) is 14.8 Å². The van der Waals surface area contributed by atoms with Crippen molar-refractivity contribution in [2.24, 2.45) is 0 Å². The summed E-state index contributed by atoms with van der Waals surface area (Å²) in [6, 6.07) is 6.90. The van der Waals surface area contributed by atoms with Gasteiger partial charge in [0.2, 0.25) is 0 Å². The van der Waals surface area contributed by atoms with E-state index < -0.39 is 7.12 Å². The Hall–Kier alpha value is -1.26. The zero-order valence-corrected chi connectivity index (χ0v) is 10.2. The van der Waals surface area contributed by atoms with E-state index in [1.54, 1.807) is 24.3 Å². The molecule has 1 aromatic carbocycles. The molecule has 3 nitrogen and oxygen atoms in total. The third kappa shape index (κ3) is 4.63. The van der Waals surface area contributed by atoms with Crippen LogP contribution in [-0.2, 0) is 0 Å². The lowest BCUT2D eigenvalue weighted by molar-refractivity contribution is 0.346. The molecule has 0 aliphatic carbocycles. The van der Waals surface area contributed by atoms with Gasteiger partial charge in [-0.2, -0.15) is 0 Å². The molecule has 0 unspecified atom stereocenters. The van der Waals surface area contributed by atoms with Crippen LogP contribution in [0.5, 0.6) is 5.75 Å². The Morgan fingerprint density at radius 3 is 2.71 bits per heavy atom. The Morgan fingerprint density at radius 2 is 2.06 bits per heavy atom. The van der Waals surface area contributed by atoms with Crippen LogP contribution in [0.2, 0.25) is 0 Å². The summed E-state index contributed by atoms with van der Waals surface area (Å²) in [6.45, 7) is 6.48. The van der Waals surface area contributed by atoms with Gasteiger partial charge in [0.1, 0.15) is 12.4 Å². The highest BCUT2D eigenvalue weighted by Crippen LogP contribution is 2.11. The van der Waals surface area contributed by atoms with Crippen molar-refractivity contribution in [3.05, 3.63) is 36.4 Å².